The second kappa shape index (κ2) is 7.25. The topological polar surface area (TPSA) is 81.9 Å². The van der Waals surface area contributed by atoms with Gasteiger partial charge in [0.05, 0.1) is 29.5 Å². The van der Waals surface area contributed by atoms with E-state index in [-0.39, 0.29) is 5.91 Å². The van der Waals surface area contributed by atoms with Gasteiger partial charge in [-0.1, -0.05) is 12.1 Å². The third-order valence-corrected chi connectivity index (χ3v) is 4.00. The highest BCUT2D eigenvalue weighted by Crippen LogP contribution is 2.19. The molecule has 1 N–H and O–H groups in total. The number of anilines is 1. The number of aromatic nitrogens is 4. The largest absolute Gasteiger partial charge is 0.477 e. The van der Waals surface area contributed by atoms with Crippen molar-refractivity contribution in [2.75, 3.05) is 11.9 Å². The lowest BCUT2D eigenvalue weighted by molar-refractivity contribution is 0.102. The van der Waals surface area contributed by atoms with Crippen LogP contribution < -0.4 is 10.1 Å². The monoisotopic (exact) mass is 359 g/mol. The van der Waals surface area contributed by atoms with E-state index in [1.165, 1.54) is 0 Å². The fraction of sp³-hybridized carbons (Fsp3) is 0.100. The predicted octanol–water partition coefficient (Wildman–Crippen LogP) is 3.47. The molecule has 0 aliphatic rings. The van der Waals surface area contributed by atoms with E-state index in [0.29, 0.717) is 23.7 Å². The average Bonchev–Trinajstić information content (AvgIpc) is 3.13. The summed E-state index contributed by atoms with van der Waals surface area (Å²) < 4.78 is 7.31. The van der Waals surface area contributed by atoms with Crippen LogP contribution in [0.2, 0.25) is 0 Å². The molecule has 27 heavy (non-hydrogen) atoms. The van der Waals surface area contributed by atoms with Crippen LogP contribution in [0.4, 0.5) is 5.69 Å². The number of carbonyl (C=O) groups is 1. The highest BCUT2D eigenvalue weighted by Gasteiger charge is 2.14. The Balaban J connectivity index is 1.56. The number of pyridine rings is 2. The maximum absolute atomic E-state index is 12.5. The first kappa shape index (κ1) is 16.7. The minimum absolute atomic E-state index is 0.297. The van der Waals surface area contributed by atoms with Crippen LogP contribution in [0, 0.1) is 0 Å². The van der Waals surface area contributed by atoms with Crippen molar-refractivity contribution in [1.29, 1.82) is 0 Å². The van der Waals surface area contributed by atoms with Crippen molar-refractivity contribution in [2.24, 2.45) is 0 Å². The lowest BCUT2D eigenvalue weighted by Crippen LogP contribution is -2.14. The Morgan fingerprint density at radius 2 is 1.96 bits per heavy atom. The summed E-state index contributed by atoms with van der Waals surface area (Å²) >= 11 is 0. The Hall–Kier alpha value is -3.74. The molecule has 0 fully saturated rings. The van der Waals surface area contributed by atoms with Crippen molar-refractivity contribution >= 4 is 22.6 Å². The lowest BCUT2D eigenvalue weighted by atomic mass is 10.2. The zero-order chi connectivity index (χ0) is 18.6. The van der Waals surface area contributed by atoms with E-state index in [4.69, 9.17) is 4.74 Å². The molecular weight excluding hydrogens is 342 g/mol. The van der Waals surface area contributed by atoms with Crippen molar-refractivity contribution in [3.05, 3.63) is 72.8 Å². The first-order valence-corrected chi connectivity index (χ1v) is 8.54. The summed E-state index contributed by atoms with van der Waals surface area (Å²) in [6.07, 6.45) is 4.93. The zero-order valence-electron chi connectivity index (χ0n) is 14.7. The summed E-state index contributed by atoms with van der Waals surface area (Å²) in [5.41, 5.74) is 2.83. The summed E-state index contributed by atoms with van der Waals surface area (Å²) in [7, 11) is 0. The molecule has 1 amide bonds. The van der Waals surface area contributed by atoms with E-state index < -0.39 is 0 Å². The van der Waals surface area contributed by atoms with Crippen LogP contribution in [0.5, 0.6) is 5.88 Å². The highest BCUT2D eigenvalue weighted by atomic mass is 16.5. The van der Waals surface area contributed by atoms with E-state index >= 15 is 0 Å². The number of amides is 1. The molecule has 0 spiro atoms. The molecule has 4 aromatic rings. The molecule has 3 heterocycles. The first-order chi connectivity index (χ1) is 13.3. The Bertz CT molecular complexity index is 1090. The molecule has 3 aromatic heterocycles. The number of para-hydroxylation sites is 2. The van der Waals surface area contributed by atoms with E-state index in [9.17, 15) is 4.79 Å². The van der Waals surface area contributed by atoms with Crippen molar-refractivity contribution in [3.63, 3.8) is 0 Å². The van der Waals surface area contributed by atoms with Crippen LogP contribution >= 0.6 is 0 Å². The standard InChI is InChI=1S/C20H17N5O2/c1-2-27-20-15(6-5-11-21-20)19(26)24-14-9-10-18(22-12-14)25-13-23-16-7-3-4-8-17(16)25/h3-13H,2H2,1H3,(H,24,26). The third-order valence-electron chi connectivity index (χ3n) is 4.00. The average molecular weight is 359 g/mol. The molecule has 0 unspecified atom stereocenters. The maximum Gasteiger partial charge on any atom is 0.261 e. The SMILES string of the molecule is CCOc1ncccc1C(=O)Nc1ccc(-n2cnc3ccccc32)nc1. The van der Waals surface area contributed by atoms with Gasteiger partial charge in [0.25, 0.3) is 5.91 Å². The Morgan fingerprint density at radius 3 is 2.78 bits per heavy atom. The third kappa shape index (κ3) is 3.35. The van der Waals surface area contributed by atoms with Gasteiger partial charge < -0.3 is 10.1 Å². The Kier molecular flexibility index (Phi) is 4.49. The number of rotatable bonds is 5. The van der Waals surface area contributed by atoms with Crippen molar-refractivity contribution in [2.45, 2.75) is 6.92 Å². The first-order valence-electron chi connectivity index (χ1n) is 8.54. The predicted molar refractivity (Wildman–Crippen MR) is 102 cm³/mol. The molecule has 0 saturated heterocycles. The van der Waals surface area contributed by atoms with Crippen LogP contribution in [0.3, 0.4) is 0 Å². The van der Waals surface area contributed by atoms with Crippen molar-refractivity contribution in [3.8, 4) is 11.7 Å². The number of hydrogen-bond donors (Lipinski definition) is 1. The second-order valence-electron chi connectivity index (χ2n) is 5.75. The van der Waals surface area contributed by atoms with Gasteiger partial charge >= 0.3 is 0 Å². The van der Waals surface area contributed by atoms with Gasteiger partial charge in [0.1, 0.15) is 17.7 Å². The maximum atomic E-state index is 12.5. The fourth-order valence-electron chi connectivity index (χ4n) is 2.76. The lowest BCUT2D eigenvalue weighted by Gasteiger charge is -2.10. The number of carbonyl (C=O) groups excluding carboxylic acids is 1. The second-order valence-corrected chi connectivity index (χ2v) is 5.75. The van der Waals surface area contributed by atoms with Crippen molar-refractivity contribution < 1.29 is 9.53 Å². The molecule has 134 valence electrons. The summed E-state index contributed by atoms with van der Waals surface area (Å²) in [6, 6.07) is 14.8. The van der Waals surface area contributed by atoms with Crippen LogP contribution in [0.1, 0.15) is 17.3 Å². The fourth-order valence-corrected chi connectivity index (χ4v) is 2.76. The van der Waals surface area contributed by atoms with Crippen LogP contribution in [-0.4, -0.2) is 32.0 Å². The number of nitrogens with zero attached hydrogens (tertiary/aromatic N) is 4. The highest BCUT2D eigenvalue weighted by molar-refractivity contribution is 6.05. The van der Waals surface area contributed by atoms with Gasteiger partial charge in [-0.3, -0.25) is 9.36 Å². The number of hydrogen-bond acceptors (Lipinski definition) is 5. The number of imidazole rings is 1. The van der Waals surface area contributed by atoms with Gasteiger partial charge in [-0.05, 0) is 43.3 Å². The molecule has 7 heteroatoms. The van der Waals surface area contributed by atoms with Gasteiger partial charge in [-0.15, -0.1) is 0 Å². The molecule has 0 bridgehead atoms. The molecule has 1 aromatic carbocycles. The van der Waals surface area contributed by atoms with Gasteiger partial charge in [0.2, 0.25) is 5.88 Å². The van der Waals surface area contributed by atoms with Gasteiger partial charge in [0, 0.05) is 6.20 Å². The molecule has 0 aliphatic carbocycles. The summed E-state index contributed by atoms with van der Waals surface area (Å²) in [5.74, 6) is 0.735. The number of fused-ring (bicyclic) bond motifs is 1. The normalized spacial score (nSPS) is 10.7. The van der Waals surface area contributed by atoms with E-state index in [1.54, 1.807) is 36.9 Å². The summed E-state index contributed by atoms with van der Waals surface area (Å²) in [4.78, 5) is 25.4. The molecular formula is C20H17N5O2. The number of nitrogens with one attached hydrogen (secondary N) is 1. The van der Waals surface area contributed by atoms with Crippen LogP contribution in [-0.2, 0) is 0 Å². The minimum Gasteiger partial charge on any atom is -0.477 e. The molecule has 0 radical (unpaired) electrons. The zero-order valence-corrected chi connectivity index (χ0v) is 14.7. The van der Waals surface area contributed by atoms with Gasteiger partial charge in [-0.2, -0.15) is 0 Å². The van der Waals surface area contributed by atoms with E-state index in [0.717, 1.165) is 16.9 Å². The minimum atomic E-state index is -0.297. The Labute approximate surface area is 155 Å². The molecule has 0 saturated carbocycles. The van der Waals surface area contributed by atoms with E-state index in [2.05, 4.69) is 20.3 Å². The number of ether oxygens (including phenoxy) is 1. The van der Waals surface area contributed by atoms with Crippen LogP contribution in [0.15, 0.2) is 67.3 Å². The molecule has 7 nitrogen and oxygen atoms in total. The van der Waals surface area contributed by atoms with Gasteiger partial charge in [0.15, 0.2) is 0 Å². The van der Waals surface area contributed by atoms with Crippen molar-refractivity contribution in [1.82, 2.24) is 19.5 Å². The molecule has 4 rings (SSSR count). The quantitative estimate of drug-likeness (QED) is 0.590. The smallest absolute Gasteiger partial charge is 0.261 e. The Morgan fingerprint density at radius 1 is 1.07 bits per heavy atom. The molecule has 0 atom stereocenters. The van der Waals surface area contributed by atoms with Gasteiger partial charge in [-0.25, -0.2) is 15.0 Å². The van der Waals surface area contributed by atoms with Crippen LogP contribution in [0.25, 0.3) is 16.9 Å². The summed E-state index contributed by atoms with van der Waals surface area (Å²) in [6.45, 7) is 2.28. The number of benzene rings is 1. The van der Waals surface area contributed by atoms with E-state index in [1.807, 2.05) is 41.8 Å². The molecule has 0 aliphatic heterocycles. The summed E-state index contributed by atoms with van der Waals surface area (Å²) in [5, 5.41) is 2.82.